The molecule has 0 bridgehead atoms. The lowest BCUT2D eigenvalue weighted by Crippen LogP contribution is -2.55. The van der Waals surface area contributed by atoms with E-state index < -0.39 is 17.2 Å². The maximum absolute atomic E-state index is 12.2. The van der Waals surface area contributed by atoms with Crippen LogP contribution in [0.1, 0.15) is 60.3 Å². The monoisotopic (exact) mass is 255 g/mol. The Hall–Kier alpha value is -1.06. The first-order valence-corrected chi connectivity index (χ1v) is 6.73. The summed E-state index contributed by atoms with van der Waals surface area (Å²) in [7, 11) is 0. The lowest BCUT2D eigenvalue weighted by atomic mass is 9.88. The molecule has 0 aromatic rings. The Bertz CT molecular complexity index is 328. The highest BCUT2D eigenvalue weighted by atomic mass is 16.6. The Kier molecular flexibility index (Phi) is 4.41. The minimum absolute atomic E-state index is 0.110. The van der Waals surface area contributed by atoms with E-state index in [1.54, 1.807) is 0 Å². The first-order chi connectivity index (χ1) is 8.19. The van der Waals surface area contributed by atoms with E-state index in [1.165, 1.54) is 0 Å². The molecule has 18 heavy (non-hydrogen) atoms. The Morgan fingerprint density at radius 1 is 1.22 bits per heavy atom. The van der Waals surface area contributed by atoms with Gasteiger partial charge < -0.3 is 10.1 Å². The fourth-order valence-electron chi connectivity index (χ4n) is 2.06. The molecule has 1 N–H and O–H groups in total. The zero-order valence-electron chi connectivity index (χ0n) is 12.1. The molecule has 0 spiro atoms. The number of nitrogens with one attached hydrogen (secondary N) is 1. The Balaban J connectivity index is 2.68. The van der Waals surface area contributed by atoms with Crippen molar-refractivity contribution in [3.05, 3.63) is 0 Å². The predicted octanol–water partition coefficient (Wildman–Crippen LogP) is 3.05. The van der Waals surface area contributed by atoms with E-state index >= 15 is 0 Å². The molecule has 104 valence electrons. The van der Waals surface area contributed by atoms with Gasteiger partial charge in [0.2, 0.25) is 0 Å². The van der Waals surface area contributed by atoms with Gasteiger partial charge in [-0.1, -0.05) is 6.92 Å². The van der Waals surface area contributed by atoms with Crippen LogP contribution < -0.4 is 5.32 Å². The Morgan fingerprint density at radius 2 is 1.78 bits per heavy atom. The second-order valence-electron chi connectivity index (χ2n) is 6.28. The number of carbonyl (C=O) groups is 2. The van der Waals surface area contributed by atoms with Gasteiger partial charge in [-0.3, -0.25) is 4.79 Å². The van der Waals surface area contributed by atoms with Crippen LogP contribution in [0.4, 0.5) is 4.79 Å². The van der Waals surface area contributed by atoms with Crippen LogP contribution in [-0.2, 0) is 9.53 Å². The molecule has 1 aliphatic rings. The number of alkyl carbamates (subject to hydrolysis) is 1. The zero-order chi connectivity index (χ0) is 14.0. The average Bonchev–Trinajstić information content (AvgIpc) is 2.97. The fraction of sp³-hybridized carbons (Fsp3) is 0.857. The van der Waals surface area contributed by atoms with Crippen LogP contribution in [0.2, 0.25) is 0 Å². The summed E-state index contributed by atoms with van der Waals surface area (Å²) in [6, 6.07) is 0. The minimum Gasteiger partial charge on any atom is -0.444 e. The van der Waals surface area contributed by atoms with Crippen molar-refractivity contribution in [2.75, 3.05) is 0 Å². The summed E-state index contributed by atoms with van der Waals surface area (Å²) in [5.74, 6) is 0.377. The average molecular weight is 255 g/mol. The van der Waals surface area contributed by atoms with E-state index in [9.17, 15) is 9.59 Å². The van der Waals surface area contributed by atoms with E-state index in [0.29, 0.717) is 6.42 Å². The van der Waals surface area contributed by atoms with E-state index in [1.807, 2.05) is 34.6 Å². The Morgan fingerprint density at radius 3 is 2.17 bits per heavy atom. The van der Waals surface area contributed by atoms with Crippen molar-refractivity contribution >= 4 is 11.9 Å². The molecule has 1 amide bonds. The number of hydrogen-bond acceptors (Lipinski definition) is 3. The summed E-state index contributed by atoms with van der Waals surface area (Å²) >= 11 is 0. The molecular formula is C14H25NO3. The van der Waals surface area contributed by atoms with Crippen LogP contribution in [0, 0.1) is 5.92 Å². The van der Waals surface area contributed by atoms with Crippen molar-refractivity contribution < 1.29 is 14.3 Å². The number of carbonyl (C=O) groups excluding carboxylic acids is 2. The molecule has 1 aliphatic carbocycles. The van der Waals surface area contributed by atoms with Gasteiger partial charge in [0.15, 0.2) is 5.78 Å². The number of ether oxygens (including phenoxy) is 1. The van der Waals surface area contributed by atoms with Gasteiger partial charge in [0.1, 0.15) is 11.1 Å². The molecule has 1 saturated carbocycles. The molecule has 0 aliphatic heterocycles. The predicted molar refractivity (Wildman–Crippen MR) is 70.4 cm³/mol. The maximum atomic E-state index is 12.2. The lowest BCUT2D eigenvalue weighted by molar-refractivity contribution is -0.125. The summed E-state index contributed by atoms with van der Waals surface area (Å²) in [6.07, 6.45) is 2.81. The summed E-state index contributed by atoms with van der Waals surface area (Å²) < 4.78 is 5.24. The summed E-state index contributed by atoms with van der Waals surface area (Å²) in [5.41, 5.74) is -1.29. The molecule has 0 aromatic heterocycles. The molecule has 1 fully saturated rings. The third-order valence-electron chi connectivity index (χ3n) is 3.21. The molecule has 0 aromatic carbocycles. The fourth-order valence-corrected chi connectivity index (χ4v) is 2.06. The topological polar surface area (TPSA) is 55.4 Å². The molecule has 0 radical (unpaired) electrons. The Labute approximate surface area is 109 Å². The molecule has 4 nitrogen and oxygen atoms in total. The molecule has 0 heterocycles. The number of hydrogen-bond donors (Lipinski definition) is 1. The molecular weight excluding hydrogens is 230 g/mol. The van der Waals surface area contributed by atoms with Crippen LogP contribution in [0.5, 0.6) is 0 Å². The first-order valence-electron chi connectivity index (χ1n) is 6.73. The van der Waals surface area contributed by atoms with Crippen molar-refractivity contribution in [2.24, 2.45) is 5.92 Å². The molecule has 1 atom stereocenters. The normalized spacial score (nSPS) is 18.9. The molecule has 1 rings (SSSR count). The quantitative estimate of drug-likeness (QED) is 0.821. The molecule has 0 saturated heterocycles. The summed E-state index contributed by atoms with van der Waals surface area (Å²) in [6.45, 7) is 9.24. The van der Waals surface area contributed by atoms with Crippen molar-refractivity contribution in [3.63, 3.8) is 0 Å². The van der Waals surface area contributed by atoms with Crippen molar-refractivity contribution in [2.45, 2.75) is 71.4 Å². The van der Waals surface area contributed by atoms with E-state index in [4.69, 9.17) is 4.74 Å². The number of amides is 1. The van der Waals surface area contributed by atoms with Crippen molar-refractivity contribution in [1.29, 1.82) is 0 Å². The van der Waals surface area contributed by atoms with Crippen LogP contribution in [0.3, 0.4) is 0 Å². The SMILES string of the molecule is CCCC(=O)C(C)(NC(=O)OC(C)(C)C)C1CC1. The van der Waals surface area contributed by atoms with Crippen LogP contribution in [-0.4, -0.2) is 23.0 Å². The largest absolute Gasteiger partial charge is 0.444 e. The second kappa shape index (κ2) is 5.29. The van der Waals surface area contributed by atoms with Crippen molar-refractivity contribution in [3.8, 4) is 0 Å². The maximum Gasteiger partial charge on any atom is 0.408 e. The van der Waals surface area contributed by atoms with Gasteiger partial charge >= 0.3 is 6.09 Å². The van der Waals surface area contributed by atoms with E-state index in [2.05, 4.69) is 5.32 Å². The van der Waals surface area contributed by atoms with Gasteiger partial charge in [-0.25, -0.2) is 4.79 Å². The minimum atomic E-state index is -0.752. The van der Waals surface area contributed by atoms with Gasteiger partial charge in [-0.15, -0.1) is 0 Å². The molecule has 4 heteroatoms. The number of ketones is 1. The lowest BCUT2D eigenvalue weighted by Gasteiger charge is -2.31. The number of rotatable bonds is 5. The van der Waals surface area contributed by atoms with Crippen LogP contribution in [0.25, 0.3) is 0 Å². The smallest absolute Gasteiger partial charge is 0.408 e. The highest BCUT2D eigenvalue weighted by Crippen LogP contribution is 2.40. The third-order valence-corrected chi connectivity index (χ3v) is 3.21. The van der Waals surface area contributed by atoms with Gasteiger partial charge in [0.25, 0.3) is 0 Å². The third kappa shape index (κ3) is 4.00. The second-order valence-corrected chi connectivity index (χ2v) is 6.28. The number of Topliss-reactive ketones (excluding diaryl/α,β-unsaturated/α-hetero) is 1. The van der Waals surface area contributed by atoms with Gasteiger partial charge in [-0.05, 0) is 52.9 Å². The van der Waals surface area contributed by atoms with Crippen LogP contribution >= 0.6 is 0 Å². The highest BCUT2D eigenvalue weighted by Gasteiger charge is 2.47. The first kappa shape index (κ1) is 15.0. The van der Waals surface area contributed by atoms with Crippen LogP contribution in [0.15, 0.2) is 0 Å². The van der Waals surface area contributed by atoms with Gasteiger partial charge in [-0.2, -0.15) is 0 Å². The molecule has 1 unspecified atom stereocenters. The van der Waals surface area contributed by atoms with E-state index in [0.717, 1.165) is 19.3 Å². The van der Waals surface area contributed by atoms with Gasteiger partial charge in [0, 0.05) is 6.42 Å². The van der Waals surface area contributed by atoms with E-state index in [-0.39, 0.29) is 11.7 Å². The highest BCUT2D eigenvalue weighted by molar-refractivity contribution is 5.92. The van der Waals surface area contributed by atoms with Crippen molar-refractivity contribution in [1.82, 2.24) is 5.32 Å². The summed E-state index contributed by atoms with van der Waals surface area (Å²) in [5, 5.41) is 2.79. The summed E-state index contributed by atoms with van der Waals surface area (Å²) in [4.78, 5) is 24.0. The standard InChI is InChI=1S/C14H25NO3/c1-6-7-11(16)14(5,10-8-9-10)15-12(17)18-13(2,3)4/h10H,6-9H2,1-5H3,(H,15,17). The van der Waals surface area contributed by atoms with Gasteiger partial charge in [0.05, 0.1) is 0 Å². The zero-order valence-corrected chi connectivity index (χ0v) is 12.1.